The number of amidine groups is 1. The Hall–Kier alpha value is -1.71. The maximum atomic E-state index is 6.23. The Labute approximate surface area is 122 Å². The third kappa shape index (κ3) is 3.40. The Morgan fingerprint density at radius 1 is 1.05 bits per heavy atom. The van der Waals surface area contributed by atoms with E-state index in [0.717, 1.165) is 11.4 Å². The number of para-hydroxylation sites is 1. The summed E-state index contributed by atoms with van der Waals surface area (Å²) in [6.07, 6.45) is 0. The topological polar surface area (TPSA) is 50.4 Å². The third-order valence-corrected chi connectivity index (χ3v) is 3.28. The molecule has 2 rings (SSSR count). The zero-order valence-corrected chi connectivity index (χ0v) is 11.8. The van der Waals surface area contributed by atoms with Crippen LogP contribution in [0.15, 0.2) is 47.5 Å². The SMILES string of the molecule is CC(N)=Nc1ccc(Nc2ccccc2)c(Cl)c1Cl. The van der Waals surface area contributed by atoms with Gasteiger partial charge in [0.1, 0.15) is 0 Å². The molecule has 0 aliphatic rings. The fraction of sp³-hybridized carbons (Fsp3) is 0.0714. The zero-order chi connectivity index (χ0) is 13.8. The molecule has 0 amide bonds. The predicted octanol–water partition coefficient (Wildman–Crippen LogP) is 4.75. The first-order valence-corrected chi connectivity index (χ1v) is 6.44. The van der Waals surface area contributed by atoms with Crippen molar-refractivity contribution in [2.45, 2.75) is 6.92 Å². The Morgan fingerprint density at radius 2 is 1.74 bits per heavy atom. The molecule has 0 saturated heterocycles. The maximum Gasteiger partial charge on any atom is 0.0965 e. The summed E-state index contributed by atoms with van der Waals surface area (Å²) < 4.78 is 0. The Morgan fingerprint density at radius 3 is 2.37 bits per heavy atom. The fourth-order valence-electron chi connectivity index (χ4n) is 1.59. The van der Waals surface area contributed by atoms with E-state index in [2.05, 4.69) is 10.3 Å². The van der Waals surface area contributed by atoms with Crippen molar-refractivity contribution in [1.82, 2.24) is 0 Å². The van der Waals surface area contributed by atoms with Gasteiger partial charge in [0.15, 0.2) is 0 Å². The monoisotopic (exact) mass is 293 g/mol. The average Bonchev–Trinajstić information content (AvgIpc) is 2.39. The molecule has 0 saturated carbocycles. The van der Waals surface area contributed by atoms with Gasteiger partial charge in [0.2, 0.25) is 0 Å². The highest BCUT2D eigenvalue weighted by Crippen LogP contribution is 2.38. The van der Waals surface area contributed by atoms with Gasteiger partial charge >= 0.3 is 0 Å². The van der Waals surface area contributed by atoms with E-state index in [0.29, 0.717) is 21.6 Å². The number of hydrogen-bond donors (Lipinski definition) is 2. The summed E-state index contributed by atoms with van der Waals surface area (Å²) in [6.45, 7) is 1.69. The number of nitrogens with zero attached hydrogens (tertiary/aromatic N) is 1. The van der Waals surface area contributed by atoms with E-state index in [1.807, 2.05) is 36.4 Å². The molecule has 0 aliphatic heterocycles. The van der Waals surface area contributed by atoms with Gasteiger partial charge in [-0.3, -0.25) is 0 Å². The molecule has 0 atom stereocenters. The highest BCUT2D eigenvalue weighted by atomic mass is 35.5. The molecule has 0 fully saturated rings. The van der Waals surface area contributed by atoms with Crippen LogP contribution in [-0.4, -0.2) is 5.84 Å². The number of nitrogens with one attached hydrogen (secondary N) is 1. The van der Waals surface area contributed by atoms with Gasteiger partial charge in [0.25, 0.3) is 0 Å². The number of hydrogen-bond acceptors (Lipinski definition) is 2. The molecule has 0 spiro atoms. The number of benzene rings is 2. The first-order chi connectivity index (χ1) is 9.08. The van der Waals surface area contributed by atoms with Gasteiger partial charge in [0.05, 0.1) is 27.3 Å². The first-order valence-electron chi connectivity index (χ1n) is 5.69. The van der Waals surface area contributed by atoms with E-state index >= 15 is 0 Å². The molecule has 19 heavy (non-hydrogen) atoms. The van der Waals surface area contributed by atoms with Crippen LogP contribution in [0, 0.1) is 0 Å². The smallest absolute Gasteiger partial charge is 0.0965 e. The summed E-state index contributed by atoms with van der Waals surface area (Å²) in [5.74, 6) is 0.432. The van der Waals surface area contributed by atoms with Gasteiger partial charge in [0, 0.05) is 5.69 Å². The van der Waals surface area contributed by atoms with Crippen LogP contribution in [0.1, 0.15) is 6.92 Å². The first kappa shape index (κ1) is 13.7. The van der Waals surface area contributed by atoms with E-state index in [1.54, 1.807) is 13.0 Å². The molecule has 2 aromatic rings. The molecule has 0 radical (unpaired) electrons. The zero-order valence-electron chi connectivity index (χ0n) is 10.3. The molecular weight excluding hydrogens is 281 g/mol. The molecule has 5 heteroatoms. The lowest BCUT2D eigenvalue weighted by molar-refractivity contribution is 1.44. The second kappa shape index (κ2) is 5.95. The molecule has 3 nitrogen and oxygen atoms in total. The third-order valence-electron chi connectivity index (χ3n) is 2.41. The van der Waals surface area contributed by atoms with Crippen LogP contribution in [-0.2, 0) is 0 Å². The number of halogens is 2. The summed E-state index contributed by atoms with van der Waals surface area (Å²) >= 11 is 12.4. The number of nitrogens with two attached hydrogens (primary N) is 1. The molecule has 0 aromatic heterocycles. The predicted molar refractivity (Wildman–Crippen MR) is 83.1 cm³/mol. The van der Waals surface area contributed by atoms with Crippen LogP contribution in [0.2, 0.25) is 10.0 Å². The second-order valence-corrected chi connectivity index (χ2v) is 4.76. The van der Waals surface area contributed by atoms with Crippen LogP contribution in [0.5, 0.6) is 0 Å². The maximum absolute atomic E-state index is 6.23. The largest absolute Gasteiger partial charge is 0.387 e. The van der Waals surface area contributed by atoms with Gasteiger partial charge in [-0.15, -0.1) is 0 Å². The van der Waals surface area contributed by atoms with Gasteiger partial charge in [-0.1, -0.05) is 41.4 Å². The minimum Gasteiger partial charge on any atom is -0.387 e. The molecule has 0 aliphatic carbocycles. The van der Waals surface area contributed by atoms with Gasteiger partial charge < -0.3 is 11.1 Å². The number of anilines is 2. The minimum absolute atomic E-state index is 0.382. The van der Waals surface area contributed by atoms with Crippen LogP contribution in [0.25, 0.3) is 0 Å². The molecule has 2 aromatic carbocycles. The molecule has 0 heterocycles. The van der Waals surface area contributed by atoms with Crippen LogP contribution < -0.4 is 11.1 Å². The summed E-state index contributed by atoms with van der Waals surface area (Å²) in [6, 6.07) is 13.3. The summed E-state index contributed by atoms with van der Waals surface area (Å²) in [4.78, 5) is 4.12. The van der Waals surface area contributed by atoms with Crippen molar-refractivity contribution in [2.75, 3.05) is 5.32 Å². The van der Waals surface area contributed by atoms with Crippen molar-refractivity contribution in [3.8, 4) is 0 Å². The lowest BCUT2D eigenvalue weighted by Crippen LogP contribution is -2.04. The molecule has 0 bridgehead atoms. The number of aliphatic imine (C=N–C) groups is 1. The highest BCUT2D eigenvalue weighted by molar-refractivity contribution is 6.45. The normalized spacial score (nSPS) is 11.4. The van der Waals surface area contributed by atoms with Gasteiger partial charge in [-0.05, 0) is 31.2 Å². The average molecular weight is 294 g/mol. The van der Waals surface area contributed by atoms with Gasteiger partial charge in [-0.25, -0.2) is 4.99 Å². The summed E-state index contributed by atoms with van der Waals surface area (Å²) in [7, 11) is 0. The lowest BCUT2D eigenvalue weighted by Gasteiger charge is -2.10. The number of rotatable bonds is 3. The lowest BCUT2D eigenvalue weighted by atomic mass is 10.2. The van der Waals surface area contributed by atoms with Crippen LogP contribution >= 0.6 is 23.2 Å². The quantitative estimate of drug-likeness (QED) is 0.634. The van der Waals surface area contributed by atoms with Crippen LogP contribution in [0.4, 0.5) is 17.1 Å². The highest BCUT2D eigenvalue weighted by Gasteiger charge is 2.09. The Kier molecular flexibility index (Phi) is 4.30. The van der Waals surface area contributed by atoms with Gasteiger partial charge in [-0.2, -0.15) is 0 Å². The van der Waals surface area contributed by atoms with Crippen molar-refractivity contribution in [1.29, 1.82) is 0 Å². The summed E-state index contributed by atoms with van der Waals surface area (Å²) in [5, 5.41) is 4.00. The van der Waals surface area contributed by atoms with Crippen LogP contribution in [0.3, 0.4) is 0 Å². The van der Waals surface area contributed by atoms with Crippen molar-refractivity contribution >= 4 is 46.1 Å². The molecule has 0 unspecified atom stereocenters. The van der Waals surface area contributed by atoms with E-state index in [-0.39, 0.29) is 0 Å². The van der Waals surface area contributed by atoms with E-state index in [1.165, 1.54) is 0 Å². The Balaban J connectivity index is 2.34. The fourth-order valence-corrected chi connectivity index (χ4v) is 2.00. The van der Waals surface area contributed by atoms with E-state index in [4.69, 9.17) is 28.9 Å². The van der Waals surface area contributed by atoms with Crippen molar-refractivity contribution in [3.63, 3.8) is 0 Å². The minimum atomic E-state index is 0.382. The molecule has 98 valence electrons. The van der Waals surface area contributed by atoms with E-state index < -0.39 is 0 Å². The van der Waals surface area contributed by atoms with Crippen molar-refractivity contribution < 1.29 is 0 Å². The Bertz CT molecular complexity index is 606. The molecular formula is C14H13Cl2N3. The van der Waals surface area contributed by atoms with Crippen molar-refractivity contribution in [2.24, 2.45) is 10.7 Å². The standard InChI is InChI=1S/C14H13Cl2N3/c1-9(17)18-11-7-8-12(14(16)13(11)15)19-10-5-3-2-4-6-10/h2-8,19H,1H3,(H2,17,18). The molecule has 3 N–H and O–H groups in total. The summed E-state index contributed by atoms with van der Waals surface area (Å²) in [5.41, 5.74) is 7.76. The van der Waals surface area contributed by atoms with E-state index in [9.17, 15) is 0 Å². The van der Waals surface area contributed by atoms with Crippen molar-refractivity contribution in [3.05, 3.63) is 52.5 Å². The second-order valence-electron chi connectivity index (χ2n) is 4.00.